The largest absolute Gasteiger partial charge is 0.332 e. The first-order valence-corrected chi connectivity index (χ1v) is 11.1. The standard InChI is InChI=1S/C23H18N2O5S.C2H6/c1-15-8-11-18(25(28)29)14-21(15)22(24-30-16(2)26)23(27)17-9-12-20(13-10-17)31-19-6-4-3-5-7-19;1-2/h3-14H,1-2H3;1-2H3/b24-22-;. The van der Waals surface area contributed by atoms with E-state index in [1.807, 2.05) is 44.2 Å². The number of non-ortho nitro benzene ring substituents is 1. The van der Waals surface area contributed by atoms with Crippen molar-refractivity contribution in [1.29, 1.82) is 0 Å². The number of carbonyl (C=O) groups excluding carboxylic acids is 2. The van der Waals surface area contributed by atoms with Gasteiger partial charge < -0.3 is 4.84 Å². The van der Waals surface area contributed by atoms with Gasteiger partial charge in [-0.15, -0.1) is 0 Å². The number of nitro benzene ring substituents is 1. The average Bonchev–Trinajstić information content (AvgIpc) is 2.82. The SMILES string of the molecule is CC.CC(=O)O/N=C(\C(=O)c1ccc(Sc2ccccc2)cc1)c1cc([N+](=O)[O-])ccc1C. The first-order valence-electron chi connectivity index (χ1n) is 10.2. The molecule has 0 unspecified atom stereocenters. The Balaban J connectivity index is 0.00000187. The monoisotopic (exact) mass is 464 g/mol. The van der Waals surface area contributed by atoms with Gasteiger partial charge in [0.15, 0.2) is 5.71 Å². The summed E-state index contributed by atoms with van der Waals surface area (Å²) in [5.74, 6) is -1.22. The highest BCUT2D eigenvalue weighted by Crippen LogP contribution is 2.28. The van der Waals surface area contributed by atoms with Gasteiger partial charge in [0.25, 0.3) is 5.69 Å². The summed E-state index contributed by atoms with van der Waals surface area (Å²) >= 11 is 1.55. The van der Waals surface area contributed by atoms with Crippen molar-refractivity contribution in [3.63, 3.8) is 0 Å². The molecule has 0 aliphatic carbocycles. The molecular formula is C25H24N2O5S. The number of hydrogen-bond acceptors (Lipinski definition) is 7. The van der Waals surface area contributed by atoms with E-state index < -0.39 is 16.7 Å². The highest BCUT2D eigenvalue weighted by Gasteiger charge is 2.22. The summed E-state index contributed by atoms with van der Waals surface area (Å²) in [6.07, 6.45) is 0. The quantitative estimate of drug-likeness (QED) is 0.135. The van der Waals surface area contributed by atoms with Crippen LogP contribution in [0.25, 0.3) is 0 Å². The van der Waals surface area contributed by atoms with Gasteiger partial charge in [0, 0.05) is 40.0 Å². The number of ketones is 1. The first kappa shape index (κ1) is 25.5. The minimum absolute atomic E-state index is 0.181. The minimum Gasteiger partial charge on any atom is -0.318 e. The van der Waals surface area contributed by atoms with E-state index >= 15 is 0 Å². The Hall–Kier alpha value is -3.78. The fourth-order valence-electron chi connectivity index (χ4n) is 2.74. The molecule has 8 heteroatoms. The molecule has 170 valence electrons. The van der Waals surface area contributed by atoms with Gasteiger partial charge in [-0.25, -0.2) is 4.79 Å². The molecular weight excluding hydrogens is 440 g/mol. The Labute approximate surface area is 196 Å². The third-order valence-corrected chi connectivity index (χ3v) is 5.28. The van der Waals surface area contributed by atoms with Gasteiger partial charge in [-0.05, 0) is 48.9 Å². The van der Waals surface area contributed by atoms with Crippen molar-refractivity contribution in [2.24, 2.45) is 5.16 Å². The molecule has 0 bridgehead atoms. The summed E-state index contributed by atoms with van der Waals surface area (Å²) in [4.78, 5) is 41.8. The Kier molecular flexibility index (Phi) is 9.50. The zero-order valence-corrected chi connectivity index (χ0v) is 19.6. The smallest absolute Gasteiger partial charge is 0.318 e. The molecule has 0 atom stereocenters. The lowest BCUT2D eigenvalue weighted by molar-refractivity contribution is -0.384. The number of aryl methyl sites for hydroxylation is 1. The van der Waals surface area contributed by atoms with Crippen LogP contribution in [0.4, 0.5) is 5.69 Å². The summed E-state index contributed by atoms with van der Waals surface area (Å²) in [6, 6.07) is 20.8. The molecule has 0 radical (unpaired) electrons. The van der Waals surface area contributed by atoms with E-state index in [4.69, 9.17) is 4.84 Å². The van der Waals surface area contributed by atoms with Gasteiger partial charge in [0.2, 0.25) is 5.78 Å². The molecule has 0 aliphatic rings. The number of carbonyl (C=O) groups is 2. The van der Waals surface area contributed by atoms with Crippen LogP contribution in [0.3, 0.4) is 0 Å². The Bertz CT molecular complexity index is 1160. The summed E-state index contributed by atoms with van der Waals surface area (Å²) in [7, 11) is 0. The molecule has 0 aromatic heterocycles. The number of nitrogens with zero attached hydrogens (tertiary/aromatic N) is 2. The van der Waals surface area contributed by atoms with Crippen LogP contribution in [-0.4, -0.2) is 22.4 Å². The summed E-state index contributed by atoms with van der Waals surface area (Å²) in [5, 5.41) is 14.9. The van der Waals surface area contributed by atoms with Gasteiger partial charge >= 0.3 is 5.97 Å². The maximum atomic E-state index is 13.2. The van der Waals surface area contributed by atoms with Crippen LogP contribution in [0.5, 0.6) is 0 Å². The van der Waals surface area contributed by atoms with Crippen LogP contribution < -0.4 is 0 Å². The highest BCUT2D eigenvalue weighted by atomic mass is 32.2. The summed E-state index contributed by atoms with van der Waals surface area (Å²) in [6.45, 7) is 6.84. The van der Waals surface area contributed by atoms with E-state index in [1.54, 1.807) is 43.0 Å². The predicted octanol–water partition coefficient (Wildman–Crippen LogP) is 6.23. The van der Waals surface area contributed by atoms with Crippen LogP contribution >= 0.6 is 11.8 Å². The molecule has 3 aromatic carbocycles. The molecule has 0 amide bonds. The zero-order valence-electron chi connectivity index (χ0n) is 18.8. The van der Waals surface area contributed by atoms with Crippen LogP contribution in [0.15, 0.2) is 87.7 Å². The molecule has 3 aromatic rings. The van der Waals surface area contributed by atoms with Crippen molar-refractivity contribution in [3.8, 4) is 0 Å². The van der Waals surface area contributed by atoms with Crippen LogP contribution in [-0.2, 0) is 9.63 Å². The van der Waals surface area contributed by atoms with Crippen LogP contribution in [0.1, 0.15) is 42.3 Å². The fourth-order valence-corrected chi connectivity index (χ4v) is 3.57. The maximum Gasteiger partial charge on any atom is 0.332 e. The number of nitro groups is 1. The molecule has 0 fully saturated rings. The molecule has 0 aliphatic heterocycles. The Morgan fingerprint density at radius 3 is 2.12 bits per heavy atom. The second kappa shape index (κ2) is 12.3. The molecule has 0 saturated heterocycles. The third kappa shape index (κ3) is 7.11. The van der Waals surface area contributed by atoms with Crippen LogP contribution in [0.2, 0.25) is 0 Å². The van der Waals surface area contributed by atoms with Crippen molar-refractivity contribution in [2.45, 2.75) is 37.5 Å². The fraction of sp³-hybridized carbons (Fsp3) is 0.160. The maximum absolute atomic E-state index is 13.2. The van der Waals surface area contributed by atoms with Gasteiger partial charge in [-0.2, -0.15) is 0 Å². The summed E-state index contributed by atoms with van der Waals surface area (Å²) < 4.78 is 0. The van der Waals surface area contributed by atoms with Crippen molar-refractivity contribution in [2.75, 3.05) is 0 Å². The van der Waals surface area contributed by atoms with Gasteiger partial charge in [0.1, 0.15) is 0 Å². The second-order valence-corrected chi connectivity index (χ2v) is 7.69. The van der Waals surface area contributed by atoms with Crippen LogP contribution in [0, 0.1) is 17.0 Å². The highest BCUT2D eigenvalue weighted by molar-refractivity contribution is 7.99. The van der Waals surface area contributed by atoms with Crippen molar-refractivity contribution in [1.82, 2.24) is 0 Å². The van der Waals surface area contributed by atoms with Gasteiger partial charge in [-0.3, -0.25) is 14.9 Å². The molecule has 0 saturated carbocycles. The number of Topliss-reactive ketones (excluding diaryl/α,β-unsaturated/α-hetero) is 1. The number of oxime groups is 1. The molecule has 3 rings (SSSR count). The zero-order chi connectivity index (χ0) is 24.4. The number of hydrogen-bond donors (Lipinski definition) is 0. The molecule has 7 nitrogen and oxygen atoms in total. The van der Waals surface area contributed by atoms with E-state index in [9.17, 15) is 19.7 Å². The first-order chi connectivity index (χ1) is 15.8. The minimum atomic E-state index is -0.706. The van der Waals surface area contributed by atoms with E-state index in [0.29, 0.717) is 11.1 Å². The van der Waals surface area contributed by atoms with Gasteiger partial charge in [0.05, 0.1) is 4.92 Å². The van der Waals surface area contributed by atoms with E-state index in [0.717, 1.165) is 16.7 Å². The second-order valence-electron chi connectivity index (χ2n) is 6.55. The number of rotatable bonds is 7. The lowest BCUT2D eigenvalue weighted by atomic mass is 9.97. The number of benzene rings is 3. The Morgan fingerprint density at radius 1 is 0.939 bits per heavy atom. The normalized spacial score (nSPS) is 10.6. The topological polar surface area (TPSA) is 98.9 Å². The third-order valence-electron chi connectivity index (χ3n) is 4.26. The van der Waals surface area contributed by atoms with E-state index in [2.05, 4.69) is 5.16 Å². The van der Waals surface area contributed by atoms with E-state index in [-0.39, 0.29) is 17.0 Å². The van der Waals surface area contributed by atoms with E-state index in [1.165, 1.54) is 18.2 Å². The predicted molar refractivity (Wildman–Crippen MR) is 129 cm³/mol. The lowest BCUT2D eigenvalue weighted by Crippen LogP contribution is -2.18. The molecule has 0 N–H and O–H groups in total. The average molecular weight is 465 g/mol. The molecule has 0 spiro atoms. The van der Waals surface area contributed by atoms with Crippen molar-refractivity contribution < 1.29 is 19.3 Å². The van der Waals surface area contributed by atoms with Crippen molar-refractivity contribution >= 4 is 34.9 Å². The van der Waals surface area contributed by atoms with Gasteiger partial charge in [-0.1, -0.05) is 55.0 Å². The Morgan fingerprint density at radius 2 is 1.55 bits per heavy atom. The lowest BCUT2D eigenvalue weighted by Gasteiger charge is -2.09. The van der Waals surface area contributed by atoms with Crippen molar-refractivity contribution in [3.05, 3.63) is 99.6 Å². The molecule has 0 heterocycles. The summed E-state index contributed by atoms with van der Waals surface area (Å²) in [5.41, 5.74) is 0.747. The molecule has 33 heavy (non-hydrogen) atoms.